The third kappa shape index (κ3) is 3.13. The lowest BCUT2D eigenvalue weighted by atomic mass is 10.1. The molecule has 3 heterocycles. The van der Waals surface area contributed by atoms with Gasteiger partial charge in [0.05, 0.1) is 0 Å². The van der Waals surface area contributed by atoms with Gasteiger partial charge in [-0.3, -0.25) is 0 Å². The zero-order chi connectivity index (χ0) is 19.3. The number of benzene rings is 1. The number of nitrogens with zero attached hydrogens (tertiary/aromatic N) is 4. The standard InChI is InChI=1S/C21H20N4O3/c1-11-10-17-20(26-11)22-13(3)23-21(17)27-12(2)14-4-8-16(9-5-14)19-24-18(25-28-19)15-6-7-15/h4-5,8-10,12,15H,6-7H2,1-3H3. The number of aromatic nitrogens is 4. The lowest BCUT2D eigenvalue weighted by Crippen LogP contribution is -2.05. The number of hydrogen-bond acceptors (Lipinski definition) is 7. The van der Waals surface area contributed by atoms with E-state index in [1.54, 1.807) is 0 Å². The minimum Gasteiger partial charge on any atom is -0.469 e. The molecule has 0 N–H and O–H groups in total. The summed E-state index contributed by atoms with van der Waals surface area (Å²) >= 11 is 0. The molecule has 142 valence electrons. The Balaban J connectivity index is 1.37. The van der Waals surface area contributed by atoms with Crippen LogP contribution in [0.25, 0.3) is 22.6 Å². The Morgan fingerprint density at radius 3 is 2.61 bits per heavy atom. The number of rotatable bonds is 5. The molecule has 28 heavy (non-hydrogen) atoms. The van der Waals surface area contributed by atoms with Crippen LogP contribution in [0.4, 0.5) is 0 Å². The van der Waals surface area contributed by atoms with Gasteiger partial charge in [0.25, 0.3) is 5.89 Å². The van der Waals surface area contributed by atoms with E-state index < -0.39 is 0 Å². The number of hydrogen-bond donors (Lipinski definition) is 0. The summed E-state index contributed by atoms with van der Waals surface area (Å²) < 4.78 is 17.1. The highest BCUT2D eigenvalue weighted by atomic mass is 16.5. The number of furan rings is 1. The van der Waals surface area contributed by atoms with E-state index >= 15 is 0 Å². The van der Waals surface area contributed by atoms with Gasteiger partial charge in [0.1, 0.15) is 23.1 Å². The Labute approximate surface area is 161 Å². The van der Waals surface area contributed by atoms with Crippen molar-refractivity contribution in [3.8, 4) is 17.3 Å². The van der Waals surface area contributed by atoms with Crippen LogP contribution in [0.2, 0.25) is 0 Å². The van der Waals surface area contributed by atoms with E-state index in [2.05, 4.69) is 20.1 Å². The van der Waals surface area contributed by atoms with Gasteiger partial charge >= 0.3 is 0 Å². The molecule has 1 saturated carbocycles. The van der Waals surface area contributed by atoms with Gasteiger partial charge in [0.2, 0.25) is 11.6 Å². The highest BCUT2D eigenvalue weighted by Crippen LogP contribution is 2.39. The molecule has 0 spiro atoms. The fourth-order valence-corrected chi connectivity index (χ4v) is 3.20. The molecule has 7 heteroatoms. The molecule has 1 aliphatic carbocycles. The summed E-state index contributed by atoms with van der Waals surface area (Å²) in [5.41, 5.74) is 2.47. The van der Waals surface area contributed by atoms with Gasteiger partial charge in [0, 0.05) is 11.5 Å². The van der Waals surface area contributed by atoms with Crippen molar-refractivity contribution in [3.05, 3.63) is 53.3 Å². The quantitative estimate of drug-likeness (QED) is 0.489. The van der Waals surface area contributed by atoms with Crippen molar-refractivity contribution >= 4 is 11.1 Å². The summed E-state index contributed by atoms with van der Waals surface area (Å²) in [5, 5.41) is 4.86. The van der Waals surface area contributed by atoms with Gasteiger partial charge in [-0.2, -0.15) is 15.0 Å². The van der Waals surface area contributed by atoms with Crippen molar-refractivity contribution in [3.63, 3.8) is 0 Å². The van der Waals surface area contributed by atoms with Gasteiger partial charge < -0.3 is 13.7 Å². The second-order valence-corrected chi connectivity index (χ2v) is 7.27. The van der Waals surface area contributed by atoms with Crippen LogP contribution in [0.5, 0.6) is 5.88 Å². The topological polar surface area (TPSA) is 87.1 Å². The molecule has 1 aromatic carbocycles. The van der Waals surface area contributed by atoms with Crippen LogP contribution >= 0.6 is 0 Å². The van der Waals surface area contributed by atoms with Crippen molar-refractivity contribution in [1.29, 1.82) is 0 Å². The van der Waals surface area contributed by atoms with Crippen molar-refractivity contribution in [2.24, 2.45) is 0 Å². The lowest BCUT2D eigenvalue weighted by molar-refractivity contribution is 0.220. The molecule has 1 atom stereocenters. The summed E-state index contributed by atoms with van der Waals surface area (Å²) in [5.74, 6) is 3.77. The third-order valence-corrected chi connectivity index (χ3v) is 4.89. The molecular weight excluding hydrogens is 356 g/mol. The van der Waals surface area contributed by atoms with Crippen LogP contribution in [0, 0.1) is 13.8 Å². The minimum absolute atomic E-state index is 0.188. The smallest absolute Gasteiger partial charge is 0.257 e. The molecule has 1 fully saturated rings. The molecule has 0 bridgehead atoms. The molecular formula is C21H20N4O3. The summed E-state index contributed by atoms with van der Waals surface area (Å²) in [7, 11) is 0. The first kappa shape index (κ1) is 16.9. The average Bonchev–Trinajstić information content (AvgIpc) is 3.28. The first-order valence-electron chi connectivity index (χ1n) is 9.42. The Bertz CT molecular complexity index is 1140. The molecule has 5 rings (SSSR count). The van der Waals surface area contributed by atoms with Gasteiger partial charge in [-0.15, -0.1) is 0 Å². The Morgan fingerprint density at radius 1 is 1.07 bits per heavy atom. The van der Waals surface area contributed by atoms with Crippen LogP contribution in [-0.2, 0) is 0 Å². The predicted molar refractivity (Wildman–Crippen MR) is 102 cm³/mol. The highest BCUT2D eigenvalue weighted by molar-refractivity contribution is 5.79. The number of ether oxygens (including phenoxy) is 1. The van der Waals surface area contributed by atoms with Crippen LogP contribution in [-0.4, -0.2) is 20.1 Å². The summed E-state index contributed by atoms with van der Waals surface area (Å²) in [4.78, 5) is 13.3. The van der Waals surface area contributed by atoms with Gasteiger partial charge in [-0.05, 0) is 57.4 Å². The van der Waals surface area contributed by atoms with Crippen LogP contribution < -0.4 is 4.74 Å². The highest BCUT2D eigenvalue weighted by Gasteiger charge is 2.29. The van der Waals surface area contributed by atoms with Crippen molar-refractivity contribution in [2.45, 2.75) is 45.6 Å². The van der Waals surface area contributed by atoms with E-state index in [9.17, 15) is 0 Å². The molecule has 0 aliphatic heterocycles. The Kier molecular flexibility index (Phi) is 3.89. The maximum atomic E-state index is 6.13. The van der Waals surface area contributed by atoms with E-state index in [0.29, 0.717) is 29.2 Å². The Morgan fingerprint density at radius 2 is 1.86 bits per heavy atom. The molecule has 0 radical (unpaired) electrons. The molecule has 7 nitrogen and oxygen atoms in total. The second kappa shape index (κ2) is 6.44. The van der Waals surface area contributed by atoms with Crippen LogP contribution in [0.15, 0.2) is 39.3 Å². The zero-order valence-corrected chi connectivity index (χ0v) is 16.0. The number of aryl methyl sites for hydroxylation is 2. The summed E-state index contributed by atoms with van der Waals surface area (Å²) in [6.07, 6.45) is 2.11. The van der Waals surface area contributed by atoms with Gasteiger partial charge in [0.15, 0.2) is 5.82 Å². The predicted octanol–water partition coefficient (Wildman–Crippen LogP) is 4.91. The molecule has 1 unspecified atom stereocenters. The minimum atomic E-state index is -0.188. The van der Waals surface area contributed by atoms with Crippen LogP contribution in [0.1, 0.15) is 54.8 Å². The van der Waals surface area contributed by atoms with Crippen molar-refractivity contribution < 1.29 is 13.7 Å². The monoisotopic (exact) mass is 376 g/mol. The van der Waals surface area contributed by atoms with E-state index in [1.165, 1.54) is 0 Å². The van der Waals surface area contributed by atoms with Gasteiger partial charge in [-0.25, -0.2) is 0 Å². The number of fused-ring (bicyclic) bond motifs is 1. The normalized spacial score (nSPS) is 15.1. The van der Waals surface area contributed by atoms with E-state index in [-0.39, 0.29) is 6.10 Å². The molecule has 3 aromatic heterocycles. The van der Waals surface area contributed by atoms with Crippen LogP contribution in [0.3, 0.4) is 0 Å². The maximum Gasteiger partial charge on any atom is 0.257 e. The average molecular weight is 376 g/mol. The van der Waals surface area contributed by atoms with E-state index in [1.807, 2.05) is 51.1 Å². The molecule has 0 saturated heterocycles. The molecule has 4 aromatic rings. The van der Waals surface area contributed by atoms with E-state index in [0.717, 1.165) is 40.9 Å². The summed E-state index contributed by atoms with van der Waals surface area (Å²) in [6, 6.07) is 9.86. The van der Waals surface area contributed by atoms with Crippen molar-refractivity contribution in [2.75, 3.05) is 0 Å². The fourth-order valence-electron chi connectivity index (χ4n) is 3.20. The lowest BCUT2D eigenvalue weighted by Gasteiger charge is -2.15. The zero-order valence-electron chi connectivity index (χ0n) is 16.0. The largest absolute Gasteiger partial charge is 0.469 e. The molecule has 0 amide bonds. The Hall–Kier alpha value is -3.22. The SMILES string of the molecule is Cc1nc(OC(C)c2ccc(-c3nc(C4CC4)no3)cc2)c2cc(C)oc2n1. The first-order valence-corrected chi connectivity index (χ1v) is 9.42. The first-order chi connectivity index (χ1) is 13.6. The van der Waals surface area contributed by atoms with E-state index in [4.69, 9.17) is 13.7 Å². The second-order valence-electron chi connectivity index (χ2n) is 7.27. The van der Waals surface area contributed by atoms with Gasteiger partial charge in [-0.1, -0.05) is 17.3 Å². The summed E-state index contributed by atoms with van der Waals surface area (Å²) in [6.45, 7) is 5.70. The third-order valence-electron chi connectivity index (χ3n) is 4.89. The van der Waals surface area contributed by atoms with Crippen molar-refractivity contribution in [1.82, 2.24) is 20.1 Å². The fraction of sp³-hybridized carbons (Fsp3) is 0.333. The molecule has 1 aliphatic rings. The maximum absolute atomic E-state index is 6.13.